The number of hydrogen-bond acceptors (Lipinski definition) is 2. The Bertz CT molecular complexity index is 737. The lowest BCUT2D eigenvalue weighted by Gasteiger charge is -1.99. The maximum absolute atomic E-state index is 13.6. The molecule has 90 valence electrons. The highest BCUT2D eigenvalue weighted by Crippen LogP contribution is 2.25. The van der Waals surface area contributed by atoms with E-state index in [1.807, 2.05) is 0 Å². The lowest BCUT2D eigenvalue weighted by Crippen LogP contribution is -1.85. The lowest BCUT2D eigenvalue weighted by atomic mass is 10.2. The van der Waals surface area contributed by atoms with Gasteiger partial charge in [0.05, 0.1) is 16.6 Å². The zero-order valence-corrected chi connectivity index (χ0v) is 9.11. The molecule has 0 unspecified atom stereocenters. The molecule has 3 aromatic rings. The van der Waals surface area contributed by atoms with E-state index in [0.717, 1.165) is 6.07 Å². The molecular formula is C13H8F2N2O. The van der Waals surface area contributed by atoms with Crippen molar-refractivity contribution in [2.45, 2.75) is 0 Å². The van der Waals surface area contributed by atoms with Gasteiger partial charge in [0.1, 0.15) is 23.2 Å². The van der Waals surface area contributed by atoms with Crippen molar-refractivity contribution in [1.82, 2.24) is 9.97 Å². The van der Waals surface area contributed by atoms with Crippen LogP contribution in [0.5, 0.6) is 5.75 Å². The van der Waals surface area contributed by atoms with Gasteiger partial charge in [-0.3, -0.25) is 0 Å². The Morgan fingerprint density at radius 3 is 2.67 bits per heavy atom. The average Bonchev–Trinajstić information content (AvgIpc) is 2.71. The molecule has 1 aromatic heterocycles. The number of hydrogen-bond donors (Lipinski definition) is 2. The summed E-state index contributed by atoms with van der Waals surface area (Å²) in [5.41, 5.74) is 1.28. The molecule has 3 nitrogen and oxygen atoms in total. The van der Waals surface area contributed by atoms with Crippen LogP contribution in [0.3, 0.4) is 0 Å². The monoisotopic (exact) mass is 246 g/mol. The van der Waals surface area contributed by atoms with Crippen LogP contribution in [-0.2, 0) is 0 Å². The number of nitrogens with one attached hydrogen (secondary N) is 1. The van der Waals surface area contributed by atoms with Gasteiger partial charge >= 0.3 is 0 Å². The molecule has 0 atom stereocenters. The molecular weight excluding hydrogens is 238 g/mol. The summed E-state index contributed by atoms with van der Waals surface area (Å²) >= 11 is 0. The fourth-order valence-electron chi connectivity index (χ4n) is 1.81. The van der Waals surface area contributed by atoms with E-state index in [-0.39, 0.29) is 17.1 Å². The van der Waals surface area contributed by atoms with Crippen LogP contribution in [0.1, 0.15) is 0 Å². The highest BCUT2D eigenvalue weighted by molar-refractivity contribution is 5.79. The number of fused-ring (bicyclic) bond motifs is 1. The number of aromatic nitrogens is 2. The van der Waals surface area contributed by atoms with Gasteiger partial charge in [0, 0.05) is 6.07 Å². The van der Waals surface area contributed by atoms with Crippen LogP contribution >= 0.6 is 0 Å². The number of imidazole rings is 1. The first-order valence-corrected chi connectivity index (χ1v) is 5.27. The van der Waals surface area contributed by atoms with Crippen LogP contribution in [0.2, 0.25) is 0 Å². The number of aromatic amines is 1. The highest BCUT2D eigenvalue weighted by atomic mass is 19.1. The molecule has 0 aliphatic carbocycles. The third kappa shape index (κ3) is 1.69. The summed E-state index contributed by atoms with van der Waals surface area (Å²) in [6.07, 6.45) is 0. The summed E-state index contributed by atoms with van der Waals surface area (Å²) in [7, 11) is 0. The van der Waals surface area contributed by atoms with Crippen molar-refractivity contribution < 1.29 is 13.9 Å². The molecule has 1 heterocycles. The smallest absolute Gasteiger partial charge is 0.141 e. The van der Waals surface area contributed by atoms with Crippen molar-refractivity contribution in [3.05, 3.63) is 48.0 Å². The largest absolute Gasteiger partial charge is 0.508 e. The topological polar surface area (TPSA) is 48.9 Å². The summed E-state index contributed by atoms with van der Waals surface area (Å²) in [6, 6.07) is 7.89. The highest BCUT2D eigenvalue weighted by Gasteiger charge is 2.11. The first-order valence-electron chi connectivity index (χ1n) is 5.27. The maximum atomic E-state index is 13.6. The van der Waals surface area contributed by atoms with Gasteiger partial charge in [0.25, 0.3) is 0 Å². The molecule has 3 rings (SSSR count). The van der Waals surface area contributed by atoms with E-state index in [1.165, 1.54) is 30.3 Å². The normalized spacial score (nSPS) is 11.0. The van der Waals surface area contributed by atoms with Crippen LogP contribution in [0.4, 0.5) is 8.78 Å². The van der Waals surface area contributed by atoms with Gasteiger partial charge in [-0.1, -0.05) is 0 Å². The Labute approximate surface area is 101 Å². The number of rotatable bonds is 1. The number of H-pyrrole nitrogens is 1. The third-order valence-corrected chi connectivity index (χ3v) is 2.65. The van der Waals surface area contributed by atoms with Crippen molar-refractivity contribution in [2.75, 3.05) is 0 Å². The quantitative estimate of drug-likeness (QED) is 0.692. The van der Waals surface area contributed by atoms with Crippen molar-refractivity contribution in [3.63, 3.8) is 0 Å². The van der Waals surface area contributed by atoms with Crippen molar-refractivity contribution in [3.8, 4) is 17.1 Å². The molecule has 5 heteroatoms. The van der Waals surface area contributed by atoms with E-state index in [4.69, 9.17) is 5.11 Å². The van der Waals surface area contributed by atoms with Crippen molar-refractivity contribution in [2.24, 2.45) is 0 Å². The fraction of sp³-hybridized carbons (Fsp3) is 0. The van der Waals surface area contributed by atoms with Gasteiger partial charge in [-0.25, -0.2) is 13.8 Å². The van der Waals surface area contributed by atoms with E-state index in [0.29, 0.717) is 16.9 Å². The summed E-state index contributed by atoms with van der Waals surface area (Å²) in [5, 5.41) is 9.14. The van der Waals surface area contributed by atoms with Gasteiger partial charge in [-0.15, -0.1) is 0 Å². The molecule has 0 aliphatic rings. The van der Waals surface area contributed by atoms with E-state index in [9.17, 15) is 8.78 Å². The van der Waals surface area contributed by atoms with Gasteiger partial charge < -0.3 is 10.1 Å². The Morgan fingerprint density at radius 1 is 1.06 bits per heavy atom. The lowest BCUT2D eigenvalue weighted by molar-refractivity contribution is 0.469. The molecule has 18 heavy (non-hydrogen) atoms. The van der Waals surface area contributed by atoms with E-state index in [1.54, 1.807) is 0 Å². The van der Waals surface area contributed by atoms with Crippen molar-refractivity contribution in [1.29, 1.82) is 0 Å². The number of phenolic OH excluding ortho intramolecular Hbond substituents is 1. The summed E-state index contributed by atoms with van der Waals surface area (Å²) < 4.78 is 26.7. The van der Waals surface area contributed by atoms with E-state index < -0.39 is 5.82 Å². The summed E-state index contributed by atoms with van der Waals surface area (Å²) in [4.78, 5) is 7.01. The minimum absolute atomic E-state index is 0.154. The first kappa shape index (κ1) is 10.7. The second kappa shape index (κ2) is 3.80. The number of aromatic hydroxyl groups is 1. The third-order valence-electron chi connectivity index (χ3n) is 2.65. The molecule has 0 amide bonds. The van der Waals surface area contributed by atoms with E-state index >= 15 is 0 Å². The van der Waals surface area contributed by atoms with Gasteiger partial charge in [-0.05, 0) is 30.3 Å². The minimum atomic E-state index is -0.588. The minimum Gasteiger partial charge on any atom is -0.508 e. The molecule has 2 aromatic carbocycles. The number of phenols is 1. The van der Waals surface area contributed by atoms with Crippen LogP contribution in [-0.4, -0.2) is 15.1 Å². The zero-order valence-electron chi connectivity index (χ0n) is 9.11. The number of halogens is 2. The van der Waals surface area contributed by atoms with Crippen molar-refractivity contribution >= 4 is 11.0 Å². The molecule has 0 spiro atoms. The predicted octanol–water partition coefficient (Wildman–Crippen LogP) is 3.21. The predicted molar refractivity (Wildman–Crippen MR) is 63.1 cm³/mol. The number of nitrogens with zero attached hydrogens (tertiary/aromatic N) is 1. The van der Waals surface area contributed by atoms with Crippen LogP contribution in [0, 0.1) is 11.6 Å². The molecule has 0 saturated carbocycles. The Morgan fingerprint density at radius 2 is 1.89 bits per heavy atom. The molecule has 2 N–H and O–H groups in total. The van der Waals surface area contributed by atoms with Crippen LogP contribution < -0.4 is 0 Å². The number of benzene rings is 2. The Balaban J connectivity index is 2.19. The average molecular weight is 246 g/mol. The summed E-state index contributed by atoms with van der Waals surface area (Å²) in [6.45, 7) is 0. The Kier molecular flexibility index (Phi) is 2.26. The van der Waals surface area contributed by atoms with Crippen LogP contribution in [0.15, 0.2) is 36.4 Å². The molecule has 0 fully saturated rings. The molecule has 0 radical (unpaired) electrons. The van der Waals surface area contributed by atoms with Crippen LogP contribution in [0.25, 0.3) is 22.4 Å². The molecule has 0 bridgehead atoms. The maximum Gasteiger partial charge on any atom is 0.141 e. The Hall–Kier alpha value is -2.43. The first-order chi connectivity index (χ1) is 8.63. The van der Waals surface area contributed by atoms with Gasteiger partial charge in [-0.2, -0.15) is 0 Å². The second-order valence-corrected chi connectivity index (χ2v) is 3.91. The van der Waals surface area contributed by atoms with E-state index in [2.05, 4.69) is 9.97 Å². The summed E-state index contributed by atoms with van der Waals surface area (Å²) in [5.74, 6) is -0.829. The second-order valence-electron chi connectivity index (χ2n) is 3.91. The SMILES string of the molecule is Oc1ccc(-c2nc3ccc(F)cc3[nH]2)c(F)c1. The zero-order chi connectivity index (χ0) is 12.7. The van der Waals surface area contributed by atoms with Gasteiger partial charge in [0.2, 0.25) is 0 Å². The molecule has 0 aliphatic heterocycles. The standard InChI is InChI=1S/C13H8F2N2O/c14-7-1-4-11-12(5-7)17-13(16-11)9-3-2-8(18)6-10(9)15/h1-6,18H,(H,16,17). The van der Waals surface area contributed by atoms with Gasteiger partial charge in [0.15, 0.2) is 0 Å². The fourth-order valence-corrected chi connectivity index (χ4v) is 1.81. The molecule has 0 saturated heterocycles.